The molecule has 4 rings (SSSR count). The number of halogens is 5. The van der Waals surface area contributed by atoms with Crippen LogP contribution in [0, 0.1) is 0 Å². The van der Waals surface area contributed by atoms with E-state index in [1.165, 1.54) is 24.5 Å². The third kappa shape index (κ3) is 1.90. The van der Waals surface area contributed by atoms with Gasteiger partial charge in [0, 0.05) is 17.8 Å². The zero-order valence-electron chi connectivity index (χ0n) is 11.6. The minimum absolute atomic E-state index is 0.0148. The molecule has 0 saturated carbocycles. The summed E-state index contributed by atoms with van der Waals surface area (Å²) in [6.45, 7) is 0. The molecule has 23 heavy (non-hydrogen) atoms. The molecule has 0 aliphatic heterocycles. The van der Waals surface area contributed by atoms with Gasteiger partial charge in [-0.05, 0) is 36.1 Å². The standard InChI is InChI=1S/C16H10ClF4NO/c17-8-5-9(7-22-6-8)23-13-4-3-12-14-10(13)1-2-11(14)15(18,19)16(12,20)21/h3-7,11H,1-2H2. The van der Waals surface area contributed by atoms with Crippen molar-refractivity contribution in [2.45, 2.75) is 30.6 Å². The molecule has 2 nitrogen and oxygen atoms in total. The first kappa shape index (κ1) is 14.8. The number of benzene rings is 1. The highest BCUT2D eigenvalue weighted by molar-refractivity contribution is 6.30. The van der Waals surface area contributed by atoms with Gasteiger partial charge in [-0.2, -0.15) is 17.6 Å². The summed E-state index contributed by atoms with van der Waals surface area (Å²) in [7, 11) is 0. The smallest absolute Gasteiger partial charge is 0.336 e. The van der Waals surface area contributed by atoms with Crippen LogP contribution in [0.25, 0.3) is 0 Å². The number of aromatic nitrogens is 1. The Morgan fingerprint density at radius 2 is 1.96 bits per heavy atom. The summed E-state index contributed by atoms with van der Waals surface area (Å²) in [5.41, 5.74) is -0.131. The van der Waals surface area contributed by atoms with E-state index >= 15 is 0 Å². The molecule has 0 bridgehead atoms. The van der Waals surface area contributed by atoms with Gasteiger partial charge in [0.15, 0.2) is 0 Å². The maximum Gasteiger partial charge on any atom is 0.336 e. The van der Waals surface area contributed by atoms with Crippen LogP contribution in [-0.2, 0) is 12.3 Å². The Morgan fingerprint density at radius 3 is 2.70 bits per heavy atom. The molecule has 0 spiro atoms. The van der Waals surface area contributed by atoms with E-state index in [1.807, 2.05) is 0 Å². The molecule has 0 fully saturated rings. The summed E-state index contributed by atoms with van der Waals surface area (Å²) in [5, 5.41) is 0.357. The second-order valence-electron chi connectivity index (χ2n) is 5.73. The van der Waals surface area contributed by atoms with Crippen molar-refractivity contribution in [3.63, 3.8) is 0 Å². The zero-order valence-corrected chi connectivity index (χ0v) is 12.4. The largest absolute Gasteiger partial charge is 0.455 e. The van der Waals surface area contributed by atoms with Crippen LogP contribution in [0.2, 0.25) is 5.02 Å². The van der Waals surface area contributed by atoms with E-state index in [2.05, 4.69) is 4.98 Å². The van der Waals surface area contributed by atoms with Gasteiger partial charge < -0.3 is 4.74 Å². The van der Waals surface area contributed by atoms with Crippen molar-refractivity contribution in [2.75, 3.05) is 0 Å². The Labute approximate surface area is 134 Å². The lowest BCUT2D eigenvalue weighted by Crippen LogP contribution is -2.36. The first-order valence-corrected chi connectivity index (χ1v) is 7.40. The summed E-state index contributed by atoms with van der Waals surface area (Å²) in [6, 6.07) is 3.86. The average Bonchev–Trinajstić information content (AvgIpc) is 2.98. The van der Waals surface area contributed by atoms with Crippen LogP contribution in [0.3, 0.4) is 0 Å². The van der Waals surface area contributed by atoms with Crippen LogP contribution >= 0.6 is 11.6 Å². The van der Waals surface area contributed by atoms with Gasteiger partial charge in [0.2, 0.25) is 0 Å². The molecule has 120 valence electrons. The van der Waals surface area contributed by atoms with Crippen LogP contribution in [0.5, 0.6) is 11.5 Å². The molecule has 1 aromatic heterocycles. The molecule has 0 radical (unpaired) electrons. The molecule has 0 amide bonds. The Bertz CT molecular complexity index is 809. The molecular weight excluding hydrogens is 334 g/mol. The lowest BCUT2D eigenvalue weighted by Gasteiger charge is -2.23. The van der Waals surface area contributed by atoms with Gasteiger partial charge in [0.25, 0.3) is 0 Å². The highest BCUT2D eigenvalue weighted by Gasteiger charge is 2.69. The van der Waals surface area contributed by atoms with E-state index in [1.54, 1.807) is 0 Å². The third-order valence-electron chi connectivity index (χ3n) is 4.45. The SMILES string of the molecule is FC1(F)c2ccc(Oc3cncc(Cl)c3)c3c2C(CC3)C1(F)F. The summed E-state index contributed by atoms with van der Waals surface area (Å²) < 4.78 is 61.6. The Morgan fingerprint density at radius 1 is 1.17 bits per heavy atom. The molecule has 0 N–H and O–H groups in total. The number of ether oxygens (including phenoxy) is 1. The number of rotatable bonds is 2. The second-order valence-corrected chi connectivity index (χ2v) is 6.17. The summed E-state index contributed by atoms with van der Waals surface area (Å²) >= 11 is 5.82. The number of alkyl halides is 4. The molecule has 0 saturated heterocycles. The normalized spacial score (nSPS) is 22.9. The van der Waals surface area contributed by atoms with Gasteiger partial charge in [-0.1, -0.05) is 11.6 Å². The molecule has 1 atom stereocenters. The van der Waals surface area contributed by atoms with Gasteiger partial charge in [0.1, 0.15) is 11.5 Å². The molecule has 1 unspecified atom stereocenters. The van der Waals surface area contributed by atoms with Gasteiger partial charge in [0.05, 0.1) is 17.1 Å². The van der Waals surface area contributed by atoms with Gasteiger partial charge in [-0.25, -0.2) is 0 Å². The highest BCUT2D eigenvalue weighted by atomic mass is 35.5. The van der Waals surface area contributed by atoms with Crippen molar-refractivity contribution >= 4 is 11.6 Å². The fraction of sp³-hybridized carbons (Fsp3) is 0.312. The fourth-order valence-electron chi connectivity index (χ4n) is 3.44. The van der Waals surface area contributed by atoms with Crippen LogP contribution in [-0.4, -0.2) is 10.9 Å². The second kappa shape index (κ2) is 4.60. The van der Waals surface area contributed by atoms with Crippen molar-refractivity contribution in [2.24, 2.45) is 0 Å². The van der Waals surface area contributed by atoms with E-state index in [9.17, 15) is 17.6 Å². The van der Waals surface area contributed by atoms with Crippen molar-refractivity contribution in [1.82, 2.24) is 4.98 Å². The van der Waals surface area contributed by atoms with Crippen molar-refractivity contribution in [3.8, 4) is 11.5 Å². The molecule has 2 aromatic rings. The lowest BCUT2D eigenvalue weighted by molar-refractivity contribution is -0.215. The van der Waals surface area contributed by atoms with Gasteiger partial charge in [-0.15, -0.1) is 0 Å². The molecular formula is C16H10ClF4NO. The molecule has 7 heteroatoms. The number of hydrogen-bond acceptors (Lipinski definition) is 2. The Hall–Kier alpha value is -1.82. The van der Waals surface area contributed by atoms with Gasteiger partial charge >= 0.3 is 11.8 Å². The lowest BCUT2D eigenvalue weighted by atomic mass is 10.0. The third-order valence-corrected chi connectivity index (χ3v) is 4.65. The first-order chi connectivity index (χ1) is 10.8. The molecule has 2 aliphatic rings. The van der Waals surface area contributed by atoms with E-state index in [0.717, 1.165) is 6.07 Å². The van der Waals surface area contributed by atoms with Gasteiger partial charge in [-0.3, -0.25) is 4.98 Å². The van der Waals surface area contributed by atoms with Crippen LogP contribution in [0.4, 0.5) is 17.6 Å². The maximum atomic E-state index is 14.0. The average molecular weight is 344 g/mol. The van der Waals surface area contributed by atoms with Crippen molar-refractivity contribution in [1.29, 1.82) is 0 Å². The van der Waals surface area contributed by atoms with Crippen LogP contribution in [0.1, 0.15) is 29.0 Å². The fourth-order valence-corrected chi connectivity index (χ4v) is 3.60. The van der Waals surface area contributed by atoms with E-state index in [4.69, 9.17) is 16.3 Å². The highest BCUT2D eigenvalue weighted by Crippen LogP contribution is 2.64. The quantitative estimate of drug-likeness (QED) is 0.690. The molecule has 2 aliphatic carbocycles. The maximum absolute atomic E-state index is 14.0. The number of nitrogens with zero attached hydrogens (tertiary/aromatic N) is 1. The van der Waals surface area contributed by atoms with Crippen LogP contribution in [0.15, 0.2) is 30.6 Å². The van der Waals surface area contributed by atoms with Crippen LogP contribution < -0.4 is 4.74 Å². The topological polar surface area (TPSA) is 22.1 Å². The predicted molar refractivity (Wildman–Crippen MR) is 75.7 cm³/mol. The molecule has 1 heterocycles. The predicted octanol–water partition coefficient (Wildman–Crippen LogP) is 5.30. The number of pyridine rings is 1. The Balaban J connectivity index is 1.81. The first-order valence-electron chi connectivity index (χ1n) is 7.02. The van der Waals surface area contributed by atoms with Crippen molar-refractivity contribution in [3.05, 3.63) is 52.3 Å². The van der Waals surface area contributed by atoms with E-state index in [0.29, 0.717) is 22.1 Å². The van der Waals surface area contributed by atoms with E-state index < -0.39 is 23.3 Å². The zero-order chi connectivity index (χ0) is 16.4. The Kier molecular flexibility index (Phi) is 2.95. The van der Waals surface area contributed by atoms with E-state index in [-0.39, 0.29) is 18.4 Å². The molecule has 1 aromatic carbocycles. The number of hydrogen-bond donors (Lipinski definition) is 0. The summed E-state index contributed by atoms with van der Waals surface area (Å²) in [6.07, 6.45) is 3.11. The van der Waals surface area contributed by atoms with Crippen molar-refractivity contribution < 1.29 is 22.3 Å². The monoisotopic (exact) mass is 343 g/mol. The summed E-state index contributed by atoms with van der Waals surface area (Å²) in [5.74, 6) is -9.03. The minimum Gasteiger partial charge on any atom is -0.455 e. The summed E-state index contributed by atoms with van der Waals surface area (Å²) in [4.78, 5) is 3.87. The minimum atomic E-state index is -4.14.